The van der Waals surface area contributed by atoms with E-state index in [-0.39, 0.29) is 6.42 Å². The van der Waals surface area contributed by atoms with Crippen LogP contribution in [0.1, 0.15) is 11.1 Å². The summed E-state index contributed by atoms with van der Waals surface area (Å²) in [7, 11) is 0. The van der Waals surface area contributed by atoms with Gasteiger partial charge >= 0.3 is 5.97 Å². The van der Waals surface area contributed by atoms with Gasteiger partial charge in [-0.05, 0) is 60.1 Å². The number of hydrogen-bond acceptors (Lipinski definition) is 5. The summed E-state index contributed by atoms with van der Waals surface area (Å²) in [6.45, 7) is 1.42. The number of nitrogens with zero attached hydrogens (tertiary/aromatic N) is 1. The Hall–Kier alpha value is -2.20. The number of ether oxygens (including phenoxy) is 1. The summed E-state index contributed by atoms with van der Waals surface area (Å²) in [6, 6.07) is 10.1. The highest BCUT2D eigenvalue weighted by molar-refractivity contribution is 8.03. The zero-order valence-corrected chi connectivity index (χ0v) is 16.0. The molecule has 0 saturated heterocycles. The fourth-order valence-corrected chi connectivity index (χ4v) is 2.89. The number of halogens is 2. The predicted molar refractivity (Wildman–Crippen MR) is 102 cm³/mol. The van der Waals surface area contributed by atoms with E-state index in [2.05, 4.69) is 5.32 Å². The summed E-state index contributed by atoms with van der Waals surface area (Å²) < 4.78 is 4.98. The average molecular weight is 409 g/mol. The second kappa shape index (κ2) is 9.48. The molecule has 0 radical (unpaired) electrons. The topological polar surface area (TPSA) is 79.2 Å². The van der Waals surface area contributed by atoms with Gasteiger partial charge in [-0.25, -0.2) is 0 Å². The molecule has 0 atom stereocenters. The quantitative estimate of drug-likeness (QED) is 0.429. The molecule has 2 rings (SSSR count). The van der Waals surface area contributed by atoms with E-state index >= 15 is 0 Å². The second-order valence-corrected chi connectivity index (χ2v) is 6.98. The largest absolute Gasteiger partial charge is 0.455 e. The van der Waals surface area contributed by atoms with Crippen LogP contribution >= 0.6 is 35.0 Å². The van der Waals surface area contributed by atoms with Crippen molar-refractivity contribution in [3.8, 4) is 5.40 Å². The molecule has 0 heterocycles. The number of carbonyl (C=O) groups excluding carboxylic acids is 2. The molecule has 5 nitrogen and oxygen atoms in total. The van der Waals surface area contributed by atoms with Crippen molar-refractivity contribution in [3.05, 3.63) is 57.6 Å². The highest BCUT2D eigenvalue weighted by Crippen LogP contribution is 2.24. The van der Waals surface area contributed by atoms with Crippen molar-refractivity contribution in [1.82, 2.24) is 0 Å². The van der Waals surface area contributed by atoms with E-state index < -0.39 is 18.5 Å². The van der Waals surface area contributed by atoms with Crippen LogP contribution in [0.4, 0.5) is 5.69 Å². The van der Waals surface area contributed by atoms with Gasteiger partial charge in [0.1, 0.15) is 5.40 Å². The minimum absolute atomic E-state index is 0.0106. The number of aryl methyl sites for hydroxylation is 1. The van der Waals surface area contributed by atoms with E-state index in [1.807, 2.05) is 12.3 Å². The molecule has 0 unspecified atom stereocenters. The number of hydrogen-bond donors (Lipinski definition) is 1. The molecular formula is C18H14Cl2N2O3S. The number of thiocyanates is 1. The summed E-state index contributed by atoms with van der Waals surface area (Å²) in [6.07, 6.45) is -0.0106. The SMILES string of the molecule is Cc1cc(SC#N)ccc1NC(=O)COC(=O)Cc1ccc(Cl)c(Cl)c1. The molecule has 0 aliphatic rings. The Labute approximate surface area is 165 Å². The first kappa shape index (κ1) is 20.1. The summed E-state index contributed by atoms with van der Waals surface area (Å²) in [5.41, 5.74) is 2.05. The van der Waals surface area contributed by atoms with E-state index in [0.29, 0.717) is 21.3 Å². The molecular weight excluding hydrogens is 395 g/mol. The van der Waals surface area contributed by atoms with Gasteiger partial charge in [0.15, 0.2) is 6.61 Å². The van der Waals surface area contributed by atoms with Crippen molar-refractivity contribution in [2.75, 3.05) is 11.9 Å². The van der Waals surface area contributed by atoms with Crippen LogP contribution in [0.3, 0.4) is 0 Å². The van der Waals surface area contributed by atoms with Crippen molar-refractivity contribution in [1.29, 1.82) is 5.26 Å². The molecule has 1 N–H and O–H groups in total. The Morgan fingerprint density at radius 1 is 1.19 bits per heavy atom. The van der Waals surface area contributed by atoms with Crippen molar-refractivity contribution in [2.24, 2.45) is 0 Å². The third-order valence-corrected chi connectivity index (χ3v) is 4.65. The number of nitrogens with one attached hydrogen (secondary N) is 1. The van der Waals surface area contributed by atoms with Gasteiger partial charge in [-0.1, -0.05) is 29.3 Å². The average Bonchev–Trinajstić information content (AvgIpc) is 2.59. The number of rotatable bonds is 6. The van der Waals surface area contributed by atoms with Gasteiger partial charge < -0.3 is 10.1 Å². The van der Waals surface area contributed by atoms with Gasteiger partial charge in [-0.15, -0.1) is 0 Å². The van der Waals surface area contributed by atoms with Crippen LogP contribution in [-0.4, -0.2) is 18.5 Å². The Balaban J connectivity index is 1.85. The first-order valence-electron chi connectivity index (χ1n) is 7.45. The van der Waals surface area contributed by atoms with Gasteiger partial charge in [0.25, 0.3) is 5.91 Å². The molecule has 0 fully saturated rings. The molecule has 0 aliphatic heterocycles. The van der Waals surface area contributed by atoms with Crippen LogP contribution in [0.25, 0.3) is 0 Å². The predicted octanol–water partition coefficient (Wildman–Crippen LogP) is 4.60. The van der Waals surface area contributed by atoms with E-state index in [9.17, 15) is 9.59 Å². The standard InChI is InChI=1S/C18H14Cl2N2O3S/c1-11-6-13(26-10-21)3-5-16(11)22-17(23)9-25-18(24)8-12-2-4-14(19)15(20)7-12/h2-7H,8-9H2,1H3,(H,22,23). The molecule has 134 valence electrons. The lowest BCUT2D eigenvalue weighted by Crippen LogP contribution is -2.22. The molecule has 0 aromatic heterocycles. The van der Waals surface area contributed by atoms with Crippen LogP contribution in [0.15, 0.2) is 41.3 Å². The number of thioether (sulfide) groups is 1. The van der Waals surface area contributed by atoms with E-state index in [4.69, 9.17) is 33.2 Å². The Kier molecular flexibility index (Phi) is 7.34. The summed E-state index contributed by atoms with van der Waals surface area (Å²) in [5, 5.41) is 14.1. The van der Waals surface area contributed by atoms with Crippen LogP contribution in [0, 0.1) is 17.6 Å². The molecule has 0 saturated carbocycles. The monoisotopic (exact) mass is 408 g/mol. The van der Waals surface area contributed by atoms with Crippen LogP contribution in [-0.2, 0) is 20.7 Å². The summed E-state index contributed by atoms with van der Waals surface area (Å²) in [5.74, 6) is -0.993. The molecule has 0 bridgehead atoms. The van der Waals surface area contributed by atoms with Crippen molar-refractivity contribution in [3.63, 3.8) is 0 Å². The summed E-state index contributed by atoms with van der Waals surface area (Å²) in [4.78, 5) is 24.6. The van der Waals surface area contributed by atoms with Crippen molar-refractivity contribution < 1.29 is 14.3 Å². The number of carbonyl (C=O) groups is 2. The van der Waals surface area contributed by atoms with Crippen LogP contribution < -0.4 is 5.32 Å². The molecule has 26 heavy (non-hydrogen) atoms. The van der Waals surface area contributed by atoms with E-state index in [0.717, 1.165) is 22.2 Å². The van der Waals surface area contributed by atoms with Crippen LogP contribution in [0.2, 0.25) is 10.0 Å². The Morgan fingerprint density at radius 3 is 2.62 bits per heavy atom. The fraction of sp³-hybridized carbons (Fsp3) is 0.167. The lowest BCUT2D eigenvalue weighted by atomic mass is 10.1. The highest BCUT2D eigenvalue weighted by atomic mass is 35.5. The van der Waals surface area contributed by atoms with Gasteiger partial charge in [-0.3, -0.25) is 9.59 Å². The number of amides is 1. The lowest BCUT2D eigenvalue weighted by molar-refractivity contribution is -0.146. The third kappa shape index (κ3) is 5.95. The van der Waals surface area contributed by atoms with Gasteiger partial charge in [-0.2, -0.15) is 5.26 Å². The fourth-order valence-electron chi connectivity index (χ4n) is 2.09. The molecule has 0 spiro atoms. The van der Waals surface area contributed by atoms with Crippen molar-refractivity contribution in [2.45, 2.75) is 18.2 Å². The number of nitriles is 1. The molecule has 2 aromatic carbocycles. The van der Waals surface area contributed by atoms with Crippen molar-refractivity contribution >= 4 is 52.5 Å². The zero-order valence-electron chi connectivity index (χ0n) is 13.7. The second-order valence-electron chi connectivity index (χ2n) is 5.30. The first-order chi connectivity index (χ1) is 12.4. The molecule has 1 amide bonds. The highest BCUT2D eigenvalue weighted by Gasteiger charge is 2.11. The lowest BCUT2D eigenvalue weighted by Gasteiger charge is -2.10. The maximum absolute atomic E-state index is 11.9. The normalized spacial score (nSPS) is 10.1. The molecule has 0 aliphatic carbocycles. The Bertz CT molecular complexity index is 881. The molecule has 2 aromatic rings. The van der Waals surface area contributed by atoms with Gasteiger partial charge in [0, 0.05) is 10.6 Å². The van der Waals surface area contributed by atoms with Crippen LogP contribution in [0.5, 0.6) is 0 Å². The zero-order chi connectivity index (χ0) is 19.1. The summed E-state index contributed by atoms with van der Waals surface area (Å²) >= 11 is 12.8. The number of benzene rings is 2. The van der Waals surface area contributed by atoms with E-state index in [1.165, 1.54) is 0 Å². The van der Waals surface area contributed by atoms with E-state index in [1.54, 1.807) is 36.4 Å². The Morgan fingerprint density at radius 2 is 1.96 bits per heavy atom. The van der Waals surface area contributed by atoms with Gasteiger partial charge in [0.2, 0.25) is 0 Å². The smallest absolute Gasteiger partial charge is 0.310 e. The minimum Gasteiger partial charge on any atom is -0.455 e. The minimum atomic E-state index is -0.545. The third-order valence-electron chi connectivity index (χ3n) is 3.33. The maximum Gasteiger partial charge on any atom is 0.310 e. The number of esters is 1. The number of anilines is 1. The molecule has 8 heteroatoms. The van der Waals surface area contributed by atoms with Gasteiger partial charge in [0.05, 0.1) is 16.5 Å². The first-order valence-corrected chi connectivity index (χ1v) is 9.02. The maximum atomic E-state index is 11.9.